The second-order valence-electron chi connectivity index (χ2n) is 4.72. The van der Waals surface area contributed by atoms with Gasteiger partial charge in [0.2, 0.25) is 5.91 Å². The number of rotatable bonds is 3. The van der Waals surface area contributed by atoms with E-state index < -0.39 is 24.1 Å². The highest BCUT2D eigenvalue weighted by Crippen LogP contribution is 2.24. The first-order chi connectivity index (χ1) is 10.7. The largest absolute Gasteiger partial charge is 0.479 e. The van der Waals surface area contributed by atoms with Gasteiger partial charge in [-0.05, 0) is 24.5 Å². The number of carbonyl (C=O) groups is 3. The van der Waals surface area contributed by atoms with Gasteiger partial charge in [0.15, 0.2) is 12.2 Å². The highest BCUT2D eigenvalue weighted by Gasteiger charge is 2.29. The molecule has 1 aliphatic heterocycles. The third-order valence-electron chi connectivity index (χ3n) is 3.03. The molecule has 1 aliphatic rings. The number of aliphatic hydroxyl groups is 2. The monoisotopic (exact) mass is 437 g/mol. The molecule has 23 heavy (non-hydrogen) atoms. The van der Waals surface area contributed by atoms with Crippen LogP contribution in [0.1, 0.15) is 12.0 Å². The number of alkyl halides is 1. The van der Waals surface area contributed by atoms with Crippen LogP contribution in [0.5, 0.6) is 0 Å². The Labute approximate surface area is 145 Å². The van der Waals surface area contributed by atoms with Gasteiger partial charge in [-0.2, -0.15) is 0 Å². The first-order valence-electron chi connectivity index (χ1n) is 6.58. The second-order valence-corrected chi connectivity index (χ2v) is 6.22. The van der Waals surface area contributed by atoms with Gasteiger partial charge in [-0.1, -0.05) is 40.8 Å². The van der Waals surface area contributed by atoms with Crippen LogP contribution in [-0.4, -0.2) is 54.4 Å². The summed E-state index contributed by atoms with van der Waals surface area (Å²) in [5, 5.41) is 35.5. The van der Waals surface area contributed by atoms with Crippen molar-refractivity contribution in [3.05, 3.63) is 29.8 Å². The molecule has 1 aromatic carbocycles. The molecule has 8 nitrogen and oxygen atoms in total. The molecule has 0 spiro atoms. The van der Waals surface area contributed by atoms with Crippen LogP contribution in [-0.2, 0) is 20.8 Å². The Morgan fingerprint density at radius 1 is 1.13 bits per heavy atom. The molecule has 1 aromatic rings. The minimum atomic E-state index is -2.27. The molecule has 2 rings (SSSR count). The van der Waals surface area contributed by atoms with E-state index in [2.05, 4.69) is 34.0 Å². The number of benzene rings is 1. The summed E-state index contributed by atoms with van der Waals surface area (Å²) in [4.78, 5) is 31.0. The summed E-state index contributed by atoms with van der Waals surface area (Å²) in [6, 6.07) is 8.00. The van der Waals surface area contributed by atoms with E-state index in [4.69, 9.17) is 20.4 Å². The van der Waals surface area contributed by atoms with Gasteiger partial charge >= 0.3 is 11.9 Å². The average molecular weight is 437 g/mol. The number of aliphatic hydroxyl groups excluding tert-OH is 2. The highest BCUT2D eigenvalue weighted by atomic mass is 127. The van der Waals surface area contributed by atoms with E-state index in [-0.39, 0.29) is 9.83 Å². The molecular weight excluding hydrogens is 421 g/mol. The quantitative estimate of drug-likeness (QED) is 0.337. The first kappa shape index (κ1) is 19.3. The number of aliphatic carboxylic acids is 2. The van der Waals surface area contributed by atoms with Gasteiger partial charge in [-0.15, -0.1) is 0 Å². The number of aryl methyl sites for hydroxylation is 1. The molecule has 126 valence electrons. The van der Waals surface area contributed by atoms with Gasteiger partial charge in [0.05, 0.1) is 3.92 Å². The zero-order valence-corrected chi connectivity index (χ0v) is 14.0. The minimum Gasteiger partial charge on any atom is -0.479 e. The van der Waals surface area contributed by atoms with Crippen LogP contribution in [0.25, 0.3) is 0 Å². The van der Waals surface area contributed by atoms with Crippen molar-refractivity contribution >= 4 is 46.1 Å². The second kappa shape index (κ2) is 8.79. The predicted octanol–water partition coefficient (Wildman–Crippen LogP) is 0.252. The third-order valence-corrected chi connectivity index (χ3v) is 4.22. The number of anilines is 1. The molecule has 9 heteroatoms. The number of halogens is 1. The Morgan fingerprint density at radius 3 is 2.17 bits per heavy atom. The Kier molecular flexibility index (Phi) is 7.39. The van der Waals surface area contributed by atoms with Gasteiger partial charge in [0.1, 0.15) is 0 Å². The molecule has 1 heterocycles. The average Bonchev–Trinajstić information content (AvgIpc) is 2.65. The Balaban J connectivity index is 0.000000241. The van der Waals surface area contributed by atoms with Crippen LogP contribution in [0.3, 0.4) is 0 Å². The van der Waals surface area contributed by atoms with Crippen molar-refractivity contribution in [3.63, 3.8) is 0 Å². The fraction of sp³-hybridized carbons (Fsp3) is 0.357. The number of fused-ring (bicyclic) bond motifs is 1. The molecule has 0 radical (unpaired) electrons. The van der Waals surface area contributed by atoms with Gasteiger partial charge in [0.25, 0.3) is 0 Å². The van der Waals surface area contributed by atoms with Crippen LogP contribution in [0.15, 0.2) is 24.3 Å². The van der Waals surface area contributed by atoms with Gasteiger partial charge in [-0.25, -0.2) is 9.59 Å². The van der Waals surface area contributed by atoms with E-state index in [0.717, 1.165) is 18.5 Å². The number of nitrogens with one attached hydrogen (secondary N) is 1. The van der Waals surface area contributed by atoms with Crippen LogP contribution in [0, 0.1) is 0 Å². The molecule has 0 aromatic heterocycles. The number of hydrogen-bond donors (Lipinski definition) is 5. The van der Waals surface area contributed by atoms with Crippen LogP contribution >= 0.6 is 22.6 Å². The summed E-state index contributed by atoms with van der Waals surface area (Å²) >= 11 is 2.19. The van der Waals surface area contributed by atoms with Crippen LogP contribution in [0.2, 0.25) is 0 Å². The highest BCUT2D eigenvalue weighted by molar-refractivity contribution is 14.1. The number of carboxylic acid groups (broad SMARTS) is 2. The van der Waals surface area contributed by atoms with Crippen molar-refractivity contribution in [1.29, 1.82) is 0 Å². The molecule has 0 fully saturated rings. The molecule has 5 N–H and O–H groups in total. The number of hydrogen-bond acceptors (Lipinski definition) is 5. The fourth-order valence-corrected chi connectivity index (χ4v) is 2.22. The minimum absolute atomic E-state index is 0.102. The smallest absolute Gasteiger partial charge is 0.335 e. The Hall–Kier alpha value is -1.72. The number of para-hydroxylation sites is 1. The number of amides is 1. The van der Waals surface area contributed by atoms with E-state index in [0.29, 0.717) is 0 Å². The first-order valence-corrected chi connectivity index (χ1v) is 7.83. The SMILES string of the molecule is O=C(O)[C@@H](O)[C@H](O)C(=O)O.O=C1Nc2ccccc2CCC1I. The lowest BCUT2D eigenvalue weighted by molar-refractivity contribution is -0.165. The predicted molar refractivity (Wildman–Crippen MR) is 88.5 cm³/mol. The summed E-state index contributed by atoms with van der Waals surface area (Å²) in [6.45, 7) is 0. The molecule has 1 amide bonds. The molecule has 0 saturated heterocycles. The summed E-state index contributed by atoms with van der Waals surface area (Å²) in [7, 11) is 0. The van der Waals surface area contributed by atoms with Crippen LogP contribution in [0.4, 0.5) is 5.69 Å². The van der Waals surface area contributed by atoms with Gasteiger partial charge in [-0.3, -0.25) is 4.79 Å². The Morgan fingerprint density at radius 2 is 1.65 bits per heavy atom. The topological polar surface area (TPSA) is 144 Å². The lowest BCUT2D eigenvalue weighted by Gasteiger charge is -2.07. The van der Waals surface area contributed by atoms with Crippen LogP contribution < -0.4 is 5.32 Å². The fourth-order valence-electron chi connectivity index (χ4n) is 1.75. The van der Waals surface area contributed by atoms with Crippen molar-refractivity contribution in [1.82, 2.24) is 0 Å². The van der Waals surface area contributed by atoms with Crippen molar-refractivity contribution in [2.24, 2.45) is 0 Å². The van der Waals surface area contributed by atoms with Crippen molar-refractivity contribution in [2.45, 2.75) is 29.0 Å². The van der Waals surface area contributed by atoms with E-state index >= 15 is 0 Å². The molecular formula is C14H16INO7. The number of carboxylic acids is 2. The van der Waals surface area contributed by atoms with E-state index in [1.54, 1.807) is 0 Å². The van der Waals surface area contributed by atoms with Gasteiger partial charge < -0.3 is 25.7 Å². The maximum absolute atomic E-state index is 11.5. The lowest BCUT2D eigenvalue weighted by Crippen LogP contribution is -2.39. The van der Waals surface area contributed by atoms with E-state index in [1.165, 1.54) is 5.56 Å². The molecule has 0 bridgehead atoms. The molecule has 1 unspecified atom stereocenters. The van der Waals surface area contributed by atoms with Crippen molar-refractivity contribution in [3.8, 4) is 0 Å². The lowest BCUT2D eigenvalue weighted by atomic mass is 10.1. The molecule has 0 aliphatic carbocycles. The van der Waals surface area contributed by atoms with E-state index in [9.17, 15) is 14.4 Å². The zero-order chi connectivity index (χ0) is 17.6. The van der Waals surface area contributed by atoms with Crippen molar-refractivity contribution < 1.29 is 34.8 Å². The summed E-state index contributed by atoms with van der Waals surface area (Å²) in [5.41, 5.74) is 2.22. The molecule has 0 saturated carbocycles. The zero-order valence-electron chi connectivity index (χ0n) is 11.8. The summed E-state index contributed by atoms with van der Waals surface area (Å²) in [6.07, 6.45) is -2.61. The standard InChI is InChI=1S/C10H10INO.C4H6O6/c11-8-6-5-7-3-1-2-4-9(7)12-10(8)13;5-1(3(7)8)2(6)4(9)10/h1-4,8H,5-6H2,(H,12,13);1-2,5-6H,(H,7,8)(H,9,10)/t;1-,2-/m.0/s1. The third kappa shape index (κ3) is 5.77. The Bertz CT molecular complexity index is 574. The van der Waals surface area contributed by atoms with E-state index in [1.807, 2.05) is 18.2 Å². The number of carbonyl (C=O) groups excluding carboxylic acids is 1. The summed E-state index contributed by atoms with van der Waals surface area (Å²) < 4.78 is 0.102. The van der Waals surface area contributed by atoms with Gasteiger partial charge in [0, 0.05) is 5.69 Å². The van der Waals surface area contributed by atoms with Crippen molar-refractivity contribution in [2.75, 3.05) is 5.32 Å². The molecule has 3 atom stereocenters. The maximum Gasteiger partial charge on any atom is 0.335 e. The summed E-state index contributed by atoms with van der Waals surface area (Å²) in [5.74, 6) is -3.41. The normalized spacial score (nSPS) is 19.1. The maximum atomic E-state index is 11.5.